The van der Waals surface area contributed by atoms with Crippen LogP contribution in [0.3, 0.4) is 0 Å². The molecular formula is C6H17N2O4P. The second kappa shape index (κ2) is 7.44. The lowest BCUT2D eigenvalue weighted by Crippen LogP contribution is -2.15. The van der Waals surface area contributed by atoms with Crippen LogP contribution in [0.2, 0.25) is 0 Å². The highest BCUT2D eigenvalue weighted by atomic mass is 31.2. The third-order valence-corrected chi connectivity index (χ3v) is 3.14. The van der Waals surface area contributed by atoms with Gasteiger partial charge in [-0.1, -0.05) is 0 Å². The van der Waals surface area contributed by atoms with Crippen LogP contribution in [-0.2, 0) is 14.2 Å². The van der Waals surface area contributed by atoms with Gasteiger partial charge in [-0.2, -0.15) is 0 Å². The SMILES string of the molecule is CNOCCP(=O)(O)CCONC. The van der Waals surface area contributed by atoms with Crippen LogP contribution >= 0.6 is 7.37 Å². The monoisotopic (exact) mass is 212 g/mol. The van der Waals surface area contributed by atoms with Gasteiger partial charge in [0.05, 0.1) is 25.5 Å². The zero-order valence-corrected chi connectivity index (χ0v) is 8.84. The Balaban J connectivity index is 3.49. The van der Waals surface area contributed by atoms with Crippen molar-refractivity contribution in [3.05, 3.63) is 0 Å². The largest absolute Gasteiger partial charge is 0.344 e. The van der Waals surface area contributed by atoms with Crippen molar-refractivity contribution < 1.29 is 19.1 Å². The second-order valence-corrected chi connectivity index (χ2v) is 4.99. The molecule has 0 rings (SSSR count). The molecule has 0 aromatic heterocycles. The lowest BCUT2D eigenvalue weighted by atomic mass is 10.9. The van der Waals surface area contributed by atoms with E-state index in [1.165, 1.54) is 0 Å². The van der Waals surface area contributed by atoms with E-state index in [2.05, 4.69) is 11.0 Å². The zero-order valence-electron chi connectivity index (χ0n) is 7.95. The molecule has 0 unspecified atom stereocenters. The van der Waals surface area contributed by atoms with E-state index in [-0.39, 0.29) is 25.5 Å². The first-order valence-electron chi connectivity index (χ1n) is 4.00. The molecule has 0 amide bonds. The Morgan fingerprint density at radius 1 is 1.15 bits per heavy atom. The summed E-state index contributed by atoms with van der Waals surface area (Å²) < 4.78 is 11.3. The number of rotatable bonds is 8. The number of hydrogen-bond donors (Lipinski definition) is 3. The summed E-state index contributed by atoms with van der Waals surface area (Å²) in [6, 6.07) is 0. The Bertz CT molecular complexity index is 153. The van der Waals surface area contributed by atoms with Gasteiger partial charge in [-0.15, -0.1) is 0 Å². The van der Waals surface area contributed by atoms with Crippen LogP contribution in [0.5, 0.6) is 0 Å². The Hall–Kier alpha value is 0.0300. The molecule has 0 fully saturated rings. The summed E-state index contributed by atoms with van der Waals surface area (Å²) >= 11 is 0. The van der Waals surface area contributed by atoms with Crippen LogP contribution in [0.15, 0.2) is 0 Å². The molecule has 3 N–H and O–H groups in total. The fourth-order valence-corrected chi connectivity index (χ4v) is 1.67. The predicted octanol–water partition coefficient (Wildman–Crippen LogP) is -0.441. The molecule has 0 saturated carbocycles. The van der Waals surface area contributed by atoms with E-state index >= 15 is 0 Å². The standard InChI is InChI=1S/C6H17N2O4P/c1-7-11-3-5-13(9,10)6-4-12-8-2/h7-8H,3-6H2,1-2H3,(H,9,10). The minimum Gasteiger partial charge on any atom is -0.344 e. The summed E-state index contributed by atoms with van der Waals surface area (Å²) in [4.78, 5) is 18.8. The predicted molar refractivity (Wildman–Crippen MR) is 49.6 cm³/mol. The van der Waals surface area contributed by atoms with Gasteiger partial charge in [-0.25, -0.2) is 11.0 Å². The van der Waals surface area contributed by atoms with Crippen LogP contribution < -0.4 is 11.0 Å². The maximum absolute atomic E-state index is 11.3. The number of hydrogen-bond acceptors (Lipinski definition) is 5. The summed E-state index contributed by atoms with van der Waals surface area (Å²) in [6.45, 7) is 0.452. The van der Waals surface area contributed by atoms with Gasteiger partial charge in [0, 0.05) is 14.1 Å². The first kappa shape index (κ1) is 13.0. The molecule has 0 spiro atoms. The van der Waals surface area contributed by atoms with Gasteiger partial charge in [0.1, 0.15) is 0 Å². The van der Waals surface area contributed by atoms with Crippen LogP contribution in [0.25, 0.3) is 0 Å². The van der Waals surface area contributed by atoms with Crippen molar-refractivity contribution in [2.45, 2.75) is 0 Å². The molecule has 0 bridgehead atoms. The normalized spacial score (nSPS) is 11.9. The quantitative estimate of drug-likeness (QED) is 0.287. The maximum atomic E-state index is 11.3. The second-order valence-electron chi connectivity index (χ2n) is 2.40. The van der Waals surface area contributed by atoms with Gasteiger partial charge >= 0.3 is 0 Å². The highest BCUT2D eigenvalue weighted by Gasteiger charge is 2.17. The Labute approximate surface area is 78.0 Å². The molecule has 13 heavy (non-hydrogen) atoms. The molecule has 0 saturated heterocycles. The molecule has 80 valence electrons. The van der Waals surface area contributed by atoms with Crippen LogP contribution in [0, 0.1) is 0 Å². The van der Waals surface area contributed by atoms with Crippen molar-refractivity contribution in [3.63, 3.8) is 0 Å². The zero-order chi connectivity index (χ0) is 10.2. The van der Waals surface area contributed by atoms with E-state index < -0.39 is 7.37 Å². The molecule has 0 aliphatic carbocycles. The van der Waals surface area contributed by atoms with Crippen LogP contribution in [0.1, 0.15) is 0 Å². The smallest absolute Gasteiger partial charge is 0.205 e. The molecule has 0 aromatic carbocycles. The van der Waals surface area contributed by atoms with E-state index in [4.69, 9.17) is 9.68 Å². The summed E-state index contributed by atoms with van der Waals surface area (Å²) in [5.41, 5.74) is 4.86. The first-order chi connectivity index (χ1) is 6.12. The fraction of sp³-hybridized carbons (Fsp3) is 1.00. The fourth-order valence-electron chi connectivity index (χ4n) is 0.692. The molecule has 0 aliphatic rings. The van der Waals surface area contributed by atoms with Crippen molar-refractivity contribution in [1.29, 1.82) is 0 Å². The van der Waals surface area contributed by atoms with Gasteiger partial charge in [0.25, 0.3) is 0 Å². The van der Waals surface area contributed by atoms with Crippen LogP contribution in [-0.4, -0.2) is 44.5 Å². The van der Waals surface area contributed by atoms with Gasteiger partial charge in [-0.3, -0.25) is 4.57 Å². The summed E-state index contributed by atoms with van der Waals surface area (Å²) in [6.07, 6.45) is 0.280. The molecule has 0 radical (unpaired) electrons. The third-order valence-electron chi connectivity index (χ3n) is 1.37. The molecule has 0 aliphatic heterocycles. The van der Waals surface area contributed by atoms with Gasteiger partial charge < -0.3 is 14.6 Å². The third kappa shape index (κ3) is 8.36. The van der Waals surface area contributed by atoms with E-state index in [0.29, 0.717) is 0 Å². The highest BCUT2D eigenvalue weighted by Crippen LogP contribution is 2.39. The van der Waals surface area contributed by atoms with Gasteiger partial charge in [0.15, 0.2) is 0 Å². The lowest BCUT2D eigenvalue weighted by molar-refractivity contribution is 0.0651. The highest BCUT2D eigenvalue weighted by molar-refractivity contribution is 7.58. The van der Waals surface area contributed by atoms with Crippen molar-refractivity contribution in [1.82, 2.24) is 11.0 Å². The summed E-state index contributed by atoms with van der Waals surface area (Å²) in [5, 5.41) is 0. The molecule has 0 aromatic rings. The molecule has 7 heteroatoms. The van der Waals surface area contributed by atoms with E-state index in [1.54, 1.807) is 14.1 Å². The summed E-state index contributed by atoms with van der Waals surface area (Å²) in [5.74, 6) is 0. The minimum atomic E-state index is -3.08. The Kier molecular flexibility index (Phi) is 7.45. The molecule has 0 atom stereocenters. The van der Waals surface area contributed by atoms with Crippen molar-refractivity contribution >= 4 is 7.37 Å². The van der Waals surface area contributed by atoms with E-state index in [1.807, 2.05) is 0 Å². The van der Waals surface area contributed by atoms with E-state index in [9.17, 15) is 9.46 Å². The Morgan fingerprint density at radius 3 is 1.85 bits per heavy atom. The summed E-state index contributed by atoms with van der Waals surface area (Å²) in [7, 11) is 0.125. The molecule has 0 heterocycles. The van der Waals surface area contributed by atoms with Gasteiger partial charge in [-0.05, 0) is 0 Å². The average molecular weight is 212 g/mol. The Morgan fingerprint density at radius 2 is 1.54 bits per heavy atom. The van der Waals surface area contributed by atoms with Crippen molar-refractivity contribution in [2.75, 3.05) is 39.6 Å². The minimum absolute atomic E-state index is 0.140. The topological polar surface area (TPSA) is 79.8 Å². The lowest BCUT2D eigenvalue weighted by Gasteiger charge is -2.10. The number of nitrogens with one attached hydrogen (secondary N) is 2. The van der Waals surface area contributed by atoms with Gasteiger partial charge in [0.2, 0.25) is 7.37 Å². The molecular weight excluding hydrogens is 195 g/mol. The van der Waals surface area contributed by atoms with Crippen LogP contribution in [0.4, 0.5) is 0 Å². The van der Waals surface area contributed by atoms with E-state index in [0.717, 1.165) is 0 Å². The maximum Gasteiger partial charge on any atom is 0.205 e. The first-order valence-corrected chi connectivity index (χ1v) is 6.03. The van der Waals surface area contributed by atoms with Crippen molar-refractivity contribution in [2.24, 2.45) is 0 Å². The average Bonchev–Trinajstić information content (AvgIpc) is 2.05. The number of hydroxylamine groups is 2. The van der Waals surface area contributed by atoms with Crippen molar-refractivity contribution in [3.8, 4) is 0 Å². The molecule has 6 nitrogen and oxygen atoms in total.